The third kappa shape index (κ3) is 2.38. The van der Waals surface area contributed by atoms with Gasteiger partial charge in [0.15, 0.2) is 0 Å². The molecule has 0 amide bonds. The highest BCUT2D eigenvalue weighted by Crippen LogP contribution is 2.25. The first-order chi connectivity index (χ1) is 7.72. The maximum atomic E-state index is 6.00. The molecule has 4 nitrogen and oxygen atoms in total. The van der Waals surface area contributed by atoms with Crippen LogP contribution in [-0.4, -0.2) is 61.4 Å². The van der Waals surface area contributed by atoms with Crippen LogP contribution in [0, 0.1) is 0 Å². The first-order valence-electron chi connectivity index (χ1n) is 6.39. The molecule has 0 aromatic carbocycles. The van der Waals surface area contributed by atoms with E-state index in [0.717, 1.165) is 11.9 Å². The Morgan fingerprint density at radius 1 is 1.19 bits per heavy atom. The summed E-state index contributed by atoms with van der Waals surface area (Å²) in [5.74, 6) is 0.830. The summed E-state index contributed by atoms with van der Waals surface area (Å²) in [6.45, 7) is 3.64. The lowest BCUT2D eigenvalue weighted by molar-refractivity contribution is 0.129. The highest BCUT2D eigenvalue weighted by atomic mass is 15.2. The number of piperidine rings is 1. The van der Waals surface area contributed by atoms with Crippen molar-refractivity contribution in [1.29, 1.82) is 0 Å². The van der Waals surface area contributed by atoms with E-state index in [1.54, 1.807) is 7.05 Å². The minimum Gasteiger partial charge on any atom is -0.386 e. The normalized spacial score (nSPS) is 31.1. The van der Waals surface area contributed by atoms with Gasteiger partial charge in [0.25, 0.3) is 0 Å². The maximum Gasteiger partial charge on any atom is 0.111 e. The van der Waals surface area contributed by atoms with Gasteiger partial charge < -0.3 is 10.6 Å². The van der Waals surface area contributed by atoms with Crippen molar-refractivity contribution < 1.29 is 0 Å². The van der Waals surface area contributed by atoms with Gasteiger partial charge in [-0.15, -0.1) is 0 Å². The van der Waals surface area contributed by atoms with Gasteiger partial charge >= 0.3 is 0 Å². The molecule has 2 saturated heterocycles. The van der Waals surface area contributed by atoms with E-state index >= 15 is 0 Å². The largest absolute Gasteiger partial charge is 0.386 e. The summed E-state index contributed by atoms with van der Waals surface area (Å²) in [6.07, 6.45) is 5.02. The molecule has 0 aromatic rings. The molecule has 0 saturated carbocycles. The molecule has 0 radical (unpaired) electrons. The molecular formula is C12H24N4. The predicted octanol–water partition coefficient (Wildman–Crippen LogP) is 0.532. The first kappa shape index (κ1) is 11.9. The van der Waals surface area contributed by atoms with Crippen molar-refractivity contribution in [2.75, 3.05) is 33.7 Å². The molecule has 2 heterocycles. The quantitative estimate of drug-likeness (QED) is 0.550. The zero-order chi connectivity index (χ0) is 11.5. The molecule has 2 rings (SSSR count). The molecule has 16 heavy (non-hydrogen) atoms. The second-order valence-corrected chi connectivity index (χ2v) is 5.08. The van der Waals surface area contributed by atoms with E-state index in [4.69, 9.17) is 5.73 Å². The smallest absolute Gasteiger partial charge is 0.111 e. The summed E-state index contributed by atoms with van der Waals surface area (Å²) in [6, 6.07) is 1.14. The molecule has 0 aromatic heterocycles. The van der Waals surface area contributed by atoms with Crippen LogP contribution in [0.5, 0.6) is 0 Å². The molecule has 2 fully saturated rings. The summed E-state index contributed by atoms with van der Waals surface area (Å²) < 4.78 is 0. The molecule has 92 valence electrons. The Morgan fingerprint density at radius 2 is 1.88 bits per heavy atom. The van der Waals surface area contributed by atoms with E-state index < -0.39 is 0 Å². The molecule has 2 aliphatic heterocycles. The Labute approximate surface area is 98.5 Å². The van der Waals surface area contributed by atoms with Gasteiger partial charge in [-0.25, -0.2) is 0 Å². The zero-order valence-corrected chi connectivity index (χ0v) is 10.5. The monoisotopic (exact) mass is 224 g/mol. The zero-order valence-electron chi connectivity index (χ0n) is 10.5. The van der Waals surface area contributed by atoms with Crippen molar-refractivity contribution in [2.24, 2.45) is 10.7 Å². The van der Waals surface area contributed by atoms with Gasteiger partial charge in [0.2, 0.25) is 0 Å². The molecule has 0 spiro atoms. The second-order valence-electron chi connectivity index (χ2n) is 5.08. The molecule has 0 bridgehead atoms. The maximum absolute atomic E-state index is 6.00. The highest BCUT2D eigenvalue weighted by Gasteiger charge is 2.33. The number of nitrogens with two attached hydrogens (primary N) is 1. The lowest BCUT2D eigenvalue weighted by Gasteiger charge is -2.38. The van der Waals surface area contributed by atoms with Crippen molar-refractivity contribution in [3.05, 3.63) is 0 Å². The van der Waals surface area contributed by atoms with Crippen LogP contribution in [0.2, 0.25) is 0 Å². The van der Waals surface area contributed by atoms with E-state index in [9.17, 15) is 0 Å². The van der Waals surface area contributed by atoms with Crippen molar-refractivity contribution in [3.63, 3.8) is 0 Å². The van der Waals surface area contributed by atoms with Gasteiger partial charge in [-0.1, -0.05) is 0 Å². The van der Waals surface area contributed by atoms with Crippen LogP contribution in [0.3, 0.4) is 0 Å². The Kier molecular flexibility index (Phi) is 3.82. The first-order valence-corrected chi connectivity index (χ1v) is 6.39. The second kappa shape index (κ2) is 5.15. The Morgan fingerprint density at radius 3 is 2.50 bits per heavy atom. The van der Waals surface area contributed by atoms with Crippen LogP contribution in [0.4, 0.5) is 0 Å². The highest BCUT2D eigenvalue weighted by molar-refractivity contribution is 5.86. The molecule has 0 aliphatic carbocycles. The fraction of sp³-hybridized carbons (Fsp3) is 0.917. The number of hydrogen-bond acceptors (Lipinski definition) is 3. The van der Waals surface area contributed by atoms with Crippen LogP contribution < -0.4 is 5.73 Å². The standard InChI is InChI=1S/C12H24N4/c1-14-12(13)11-4-3-7-16(11)10-5-8-15(2)9-6-10/h10-11H,3-9H2,1-2H3,(H2,13,14). The summed E-state index contributed by atoms with van der Waals surface area (Å²) in [7, 11) is 4.01. The SMILES string of the molecule is CN=C(N)C1CCCN1C1CCN(C)CC1. The van der Waals surface area contributed by atoms with Gasteiger partial charge in [-0.2, -0.15) is 0 Å². The molecule has 1 unspecified atom stereocenters. The van der Waals surface area contributed by atoms with Crippen LogP contribution in [0.25, 0.3) is 0 Å². The van der Waals surface area contributed by atoms with E-state index in [1.807, 2.05) is 0 Å². The van der Waals surface area contributed by atoms with Crippen LogP contribution in [0.1, 0.15) is 25.7 Å². The van der Waals surface area contributed by atoms with Crippen LogP contribution in [-0.2, 0) is 0 Å². The lowest BCUT2D eigenvalue weighted by Crippen LogP contribution is -2.49. The molecule has 4 heteroatoms. The average Bonchev–Trinajstić information content (AvgIpc) is 2.78. The molecule has 2 aliphatic rings. The third-order valence-corrected chi connectivity index (χ3v) is 4.05. The number of likely N-dealkylation sites (tertiary alicyclic amines) is 2. The lowest BCUT2D eigenvalue weighted by atomic mass is 10.0. The fourth-order valence-corrected chi connectivity index (χ4v) is 3.02. The third-order valence-electron chi connectivity index (χ3n) is 4.05. The predicted molar refractivity (Wildman–Crippen MR) is 67.8 cm³/mol. The summed E-state index contributed by atoms with van der Waals surface area (Å²) in [5.41, 5.74) is 6.00. The minimum atomic E-state index is 0.415. The summed E-state index contributed by atoms with van der Waals surface area (Å²) in [5, 5.41) is 0. The molecule has 2 N–H and O–H groups in total. The fourth-order valence-electron chi connectivity index (χ4n) is 3.02. The van der Waals surface area contributed by atoms with Gasteiger partial charge in [-0.3, -0.25) is 9.89 Å². The van der Waals surface area contributed by atoms with E-state index in [0.29, 0.717) is 6.04 Å². The summed E-state index contributed by atoms with van der Waals surface area (Å²) in [4.78, 5) is 9.18. The van der Waals surface area contributed by atoms with E-state index in [-0.39, 0.29) is 0 Å². The van der Waals surface area contributed by atoms with Gasteiger partial charge in [-0.05, 0) is 52.4 Å². The van der Waals surface area contributed by atoms with E-state index in [1.165, 1.54) is 45.3 Å². The topological polar surface area (TPSA) is 44.9 Å². The Balaban J connectivity index is 1.97. The summed E-state index contributed by atoms with van der Waals surface area (Å²) >= 11 is 0. The molecule has 1 atom stereocenters. The Bertz CT molecular complexity index is 256. The van der Waals surface area contributed by atoms with Gasteiger partial charge in [0.1, 0.15) is 5.84 Å². The number of nitrogens with zero attached hydrogens (tertiary/aromatic N) is 3. The van der Waals surface area contributed by atoms with Crippen molar-refractivity contribution >= 4 is 5.84 Å². The average molecular weight is 224 g/mol. The number of rotatable bonds is 2. The number of amidine groups is 1. The van der Waals surface area contributed by atoms with Crippen molar-refractivity contribution in [2.45, 2.75) is 37.8 Å². The number of hydrogen-bond donors (Lipinski definition) is 1. The van der Waals surface area contributed by atoms with Gasteiger partial charge in [0, 0.05) is 13.1 Å². The van der Waals surface area contributed by atoms with Gasteiger partial charge in [0.05, 0.1) is 6.04 Å². The van der Waals surface area contributed by atoms with Crippen LogP contribution >= 0.6 is 0 Å². The molecular weight excluding hydrogens is 200 g/mol. The Hall–Kier alpha value is -0.610. The number of aliphatic imine (C=N–C) groups is 1. The van der Waals surface area contributed by atoms with E-state index in [2.05, 4.69) is 21.8 Å². The minimum absolute atomic E-state index is 0.415. The van der Waals surface area contributed by atoms with Crippen LogP contribution in [0.15, 0.2) is 4.99 Å². The van der Waals surface area contributed by atoms with Crippen molar-refractivity contribution in [1.82, 2.24) is 9.80 Å². The van der Waals surface area contributed by atoms with Crippen molar-refractivity contribution in [3.8, 4) is 0 Å².